The molecule has 1 aromatic carbocycles. The average molecular weight is 511 g/mol. The summed E-state index contributed by atoms with van der Waals surface area (Å²) in [7, 11) is 0. The summed E-state index contributed by atoms with van der Waals surface area (Å²) in [5.41, 5.74) is 2.63. The van der Waals surface area contributed by atoms with Crippen LogP contribution in [0.1, 0.15) is 74.1 Å². The van der Waals surface area contributed by atoms with Gasteiger partial charge in [0.25, 0.3) is 5.91 Å². The summed E-state index contributed by atoms with van der Waals surface area (Å²) in [6.45, 7) is 8.79. The van der Waals surface area contributed by atoms with Gasteiger partial charge in [-0.1, -0.05) is 45.5 Å². The van der Waals surface area contributed by atoms with E-state index in [0.29, 0.717) is 17.5 Å². The number of nitrogens with one attached hydrogen (secondary N) is 2. The molecule has 0 saturated carbocycles. The summed E-state index contributed by atoms with van der Waals surface area (Å²) in [5, 5.41) is 12.9. The first kappa shape index (κ1) is 25.4. The van der Waals surface area contributed by atoms with Crippen molar-refractivity contribution in [3.8, 4) is 0 Å². The van der Waals surface area contributed by atoms with E-state index in [2.05, 4.69) is 76.3 Å². The number of hydrogen-bond donors (Lipinski definition) is 2. The second-order valence-electron chi connectivity index (χ2n) is 9.23. The first-order chi connectivity index (χ1) is 17.0. The molecule has 0 aliphatic rings. The van der Waals surface area contributed by atoms with Gasteiger partial charge in [0.2, 0.25) is 0 Å². The molecule has 0 unspecified atom stereocenters. The monoisotopic (exact) mass is 510 g/mol. The number of benzene rings is 1. The van der Waals surface area contributed by atoms with Crippen LogP contribution in [0.3, 0.4) is 0 Å². The van der Waals surface area contributed by atoms with Crippen molar-refractivity contribution in [2.75, 3.05) is 5.75 Å². The van der Waals surface area contributed by atoms with E-state index in [4.69, 9.17) is 4.98 Å². The number of aromatic amines is 1. The minimum absolute atomic E-state index is 0.0322. The molecule has 4 rings (SSSR count). The molecule has 0 bridgehead atoms. The van der Waals surface area contributed by atoms with Crippen molar-refractivity contribution in [2.24, 2.45) is 5.92 Å². The van der Waals surface area contributed by atoms with E-state index in [1.165, 1.54) is 11.2 Å². The molecule has 0 aliphatic heterocycles. The maximum atomic E-state index is 13.2. The van der Waals surface area contributed by atoms with Crippen molar-refractivity contribution in [2.45, 2.75) is 70.6 Å². The summed E-state index contributed by atoms with van der Waals surface area (Å²) >= 11 is 3.33. The molecule has 7 nitrogen and oxygen atoms in total. The summed E-state index contributed by atoms with van der Waals surface area (Å²) in [4.78, 5) is 23.7. The van der Waals surface area contributed by atoms with Gasteiger partial charge in [0, 0.05) is 34.7 Å². The van der Waals surface area contributed by atoms with E-state index >= 15 is 0 Å². The number of nitrogens with zero attached hydrogens (tertiary/aromatic N) is 4. The Morgan fingerprint density at radius 2 is 2.06 bits per heavy atom. The molecule has 4 aromatic rings. The van der Waals surface area contributed by atoms with Crippen LogP contribution < -0.4 is 5.32 Å². The molecule has 9 heteroatoms. The molecule has 3 heterocycles. The van der Waals surface area contributed by atoms with E-state index in [1.54, 1.807) is 23.1 Å². The van der Waals surface area contributed by atoms with Gasteiger partial charge in [-0.05, 0) is 54.8 Å². The zero-order valence-electron chi connectivity index (χ0n) is 20.8. The van der Waals surface area contributed by atoms with Gasteiger partial charge < -0.3 is 9.88 Å². The highest BCUT2D eigenvalue weighted by Crippen LogP contribution is 2.28. The fourth-order valence-corrected chi connectivity index (χ4v) is 6.01. The van der Waals surface area contributed by atoms with Crippen LogP contribution in [0.2, 0.25) is 0 Å². The lowest BCUT2D eigenvalue weighted by Crippen LogP contribution is -2.37. The number of thioether (sulfide) groups is 1. The number of hydrogen-bond acceptors (Lipinski definition) is 6. The van der Waals surface area contributed by atoms with E-state index < -0.39 is 0 Å². The number of imidazole rings is 1. The molecule has 3 aromatic heterocycles. The first-order valence-corrected chi connectivity index (χ1v) is 14.2. The number of thiophene rings is 1. The highest BCUT2D eigenvalue weighted by Gasteiger charge is 2.21. The van der Waals surface area contributed by atoms with E-state index in [9.17, 15) is 4.79 Å². The van der Waals surface area contributed by atoms with Gasteiger partial charge in [-0.25, -0.2) is 9.97 Å². The van der Waals surface area contributed by atoms with Gasteiger partial charge in [0.15, 0.2) is 5.16 Å². The Kier molecular flexibility index (Phi) is 8.62. The largest absolute Gasteiger partial charge is 0.348 e. The van der Waals surface area contributed by atoms with Gasteiger partial charge in [-0.15, -0.1) is 11.3 Å². The standard InChI is InChI=1S/C26H34N6OS2/c1-5-20(6-2)32-23-10-9-18(13-22(23)30-24(32)14-21-8-7-11-34-21)25(33)29-19(12-17(3)4)15-35-26-27-16-28-31-26/h7-11,13,16-17,19-20H,5-6,12,14-15H2,1-4H3,(H,29,33)(H,27,28,31)/t19-/m0/s1. The average Bonchev–Trinajstić information content (AvgIpc) is 3.60. The fourth-order valence-electron chi connectivity index (χ4n) is 4.49. The highest BCUT2D eigenvalue weighted by molar-refractivity contribution is 7.99. The summed E-state index contributed by atoms with van der Waals surface area (Å²) in [6, 6.07) is 10.6. The Morgan fingerprint density at radius 1 is 1.23 bits per heavy atom. The normalized spacial score (nSPS) is 12.6. The zero-order chi connectivity index (χ0) is 24.8. The molecule has 0 saturated heterocycles. The number of rotatable bonds is 12. The molecule has 186 valence electrons. The van der Waals surface area contributed by atoms with Crippen molar-refractivity contribution in [1.82, 2.24) is 30.0 Å². The van der Waals surface area contributed by atoms with E-state index in [1.807, 2.05) is 12.1 Å². The molecule has 0 aliphatic carbocycles. The van der Waals surface area contributed by atoms with Crippen molar-refractivity contribution in [3.05, 3.63) is 58.3 Å². The van der Waals surface area contributed by atoms with Crippen LogP contribution in [0.25, 0.3) is 11.0 Å². The number of fused-ring (bicyclic) bond motifs is 1. The van der Waals surface area contributed by atoms with E-state index in [-0.39, 0.29) is 11.9 Å². The van der Waals surface area contributed by atoms with Crippen LogP contribution in [-0.4, -0.2) is 42.4 Å². The van der Waals surface area contributed by atoms with Crippen molar-refractivity contribution in [1.29, 1.82) is 0 Å². The number of H-pyrrole nitrogens is 1. The summed E-state index contributed by atoms with van der Waals surface area (Å²) < 4.78 is 2.38. The van der Waals surface area contributed by atoms with Crippen LogP contribution in [0.15, 0.2) is 47.2 Å². The number of aromatic nitrogens is 5. The molecule has 0 radical (unpaired) electrons. The number of amides is 1. The third kappa shape index (κ3) is 6.32. The Hall–Kier alpha value is -2.65. The number of carbonyl (C=O) groups excluding carboxylic acids is 1. The predicted octanol–water partition coefficient (Wildman–Crippen LogP) is 6.10. The lowest BCUT2D eigenvalue weighted by Gasteiger charge is -2.20. The van der Waals surface area contributed by atoms with Gasteiger partial charge >= 0.3 is 0 Å². The maximum absolute atomic E-state index is 13.2. The second-order valence-corrected chi connectivity index (χ2v) is 11.3. The molecule has 1 amide bonds. The Bertz CT molecular complexity index is 1210. The fraction of sp³-hybridized carbons (Fsp3) is 0.462. The lowest BCUT2D eigenvalue weighted by molar-refractivity contribution is 0.0937. The van der Waals surface area contributed by atoms with Crippen LogP contribution in [0, 0.1) is 5.92 Å². The van der Waals surface area contributed by atoms with Crippen molar-refractivity contribution >= 4 is 40.0 Å². The Balaban J connectivity index is 1.57. The molecule has 35 heavy (non-hydrogen) atoms. The summed E-state index contributed by atoms with van der Waals surface area (Å²) in [6.07, 6.45) is 5.28. The summed E-state index contributed by atoms with van der Waals surface area (Å²) in [5.74, 6) is 2.20. The van der Waals surface area contributed by atoms with Gasteiger partial charge in [-0.2, -0.15) is 5.10 Å². The Morgan fingerprint density at radius 3 is 2.71 bits per heavy atom. The molecule has 2 N–H and O–H groups in total. The minimum atomic E-state index is -0.0624. The van der Waals surface area contributed by atoms with E-state index in [0.717, 1.165) is 53.5 Å². The number of carbonyl (C=O) groups is 1. The van der Waals surface area contributed by atoms with Crippen LogP contribution in [-0.2, 0) is 6.42 Å². The topological polar surface area (TPSA) is 88.5 Å². The molecule has 0 fully saturated rings. The first-order valence-electron chi connectivity index (χ1n) is 12.3. The quantitative estimate of drug-likeness (QED) is 0.225. The SMILES string of the molecule is CCC(CC)n1c(Cc2cccs2)nc2cc(C(=O)N[C@H](CSc3ncn[nH]3)CC(C)C)ccc21. The smallest absolute Gasteiger partial charge is 0.251 e. The third-order valence-electron chi connectivity index (χ3n) is 6.15. The third-order valence-corrected chi connectivity index (χ3v) is 8.07. The highest BCUT2D eigenvalue weighted by atomic mass is 32.2. The molecule has 1 atom stereocenters. The van der Waals surface area contributed by atoms with Crippen LogP contribution in [0.5, 0.6) is 0 Å². The van der Waals surface area contributed by atoms with Crippen molar-refractivity contribution < 1.29 is 4.79 Å². The minimum Gasteiger partial charge on any atom is -0.348 e. The zero-order valence-corrected chi connectivity index (χ0v) is 22.5. The molecule has 0 spiro atoms. The van der Waals surface area contributed by atoms with Gasteiger partial charge in [-0.3, -0.25) is 9.89 Å². The molecular weight excluding hydrogens is 476 g/mol. The second kappa shape index (κ2) is 11.9. The lowest BCUT2D eigenvalue weighted by atomic mass is 10.0. The van der Waals surface area contributed by atoms with Crippen LogP contribution in [0.4, 0.5) is 0 Å². The maximum Gasteiger partial charge on any atom is 0.251 e. The van der Waals surface area contributed by atoms with Crippen LogP contribution >= 0.6 is 23.1 Å². The molecular formula is C26H34N6OS2. The van der Waals surface area contributed by atoms with Gasteiger partial charge in [0.05, 0.1) is 11.0 Å². The predicted molar refractivity (Wildman–Crippen MR) is 144 cm³/mol. The van der Waals surface area contributed by atoms with Crippen molar-refractivity contribution in [3.63, 3.8) is 0 Å². The Labute approximate surface area is 215 Å². The van der Waals surface area contributed by atoms with Gasteiger partial charge in [0.1, 0.15) is 12.2 Å².